The fraction of sp³-hybridized carbons (Fsp3) is 0.476. The van der Waals surface area contributed by atoms with Crippen LogP contribution in [0, 0.1) is 0 Å². The van der Waals surface area contributed by atoms with Crippen molar-refractivity contribution in [2.45, 2.75) is 58.4 Å². The number of hydrogen-bond donors (Lipinski definition) is 1. The van der Waals surface area contributed by atoms with Crippen LogP contribution in [0.2, 0.25) is 0 Å². The smallest absolute Gasteiger partial charge is 0.303 e. The van der Waals surface area contributed by atoms with Gasteiger partial charge in [0.2, 0.25) is 12.4 Å². The first-order chi connectivity index (χ1) is 15.5. The molecule has 33 heavy (non-hydrogen) atoms. The molecule has 1 aromatic carbocycles. The van der Waals surface area contributed by atoms with E-state index >= 15 is 0 Å². The van der Waals surface area contributed by atoms with Gasteiger partial charge < -0.3 is 34.2 Å². The van der Waals surface area contributed by atoms with Crippen LogP contribution in [0.5, 0.6) is 5.75 Å². The van der Waals surface area contributed by atoms with Gasteiger partial charge in [0.15, 0.2) is 18.5 Å². The van der Waals surface area contributed by atoms with Crippen molar-refractivity contribution in [2.75, 3.05) is 12.3 Å². The van der Waals surface area contributed by atoms with Crippen molar-refractivity contribution in [2.24, 2.45) is 0 Å². The SMILES string of the molecule is CC(=O)OC[C@H]1O[C@@H](Oc2cccc(N)c2C=O)[C@H](OC(C)=O)[C@@H](OC(C)=O)[C@@H]1OC(C)=O. The monoisotopic (exact) mass is 467 g/mol. The molecule has 12 heteroatoms. The molecule has 1 heterocycles. The zero-order chi connectivity index (χ0) is 24.7. The molecule has 0 bridgehead atoms. The summed E-state index contributed by atoms with van der Waals surface area (Å²) in [4.78, 5) is 58.2. The van der Waals surface area contributed by atoms with Crippen LogP contribution in [0.15, 0.2) is 18.2 Å². The number of hydrogen-bond acceptors (Lipinski definition) is 12. The number of nitrogens with two attached hydrogens (primary N) is 1. The van der Waals surface area contributed by atoms with Crippen molar-refractivity contribution in [3.05, 3.63) is 23.8 Å². The van der Waals surface area contributed by atoms with Crippen molar-refractivity contribution in [1.29, 1.82) is 0 Å². The van der Waals surface area contributed by atoms with Gasteiger partial charge in [-0.3, -0.25) is 24.0 Å². The molecule has 1 aromatic rings. The van der Waals surface area contributed by atoms with Gasteiger partial charge in [-0.2, -0.15) is 0 Å². The Kier molecular flexibility index (Phi) is 8.74. The molecule has 0 amide bonds. The highest BCUT2D eigenvalue weighted by Crippen LogP contribution is 2.32. The Bertz CT molecular complexity index is 915. The third kappa shape index (κ3) is 6.91. The molecule has 0 aliphatic carbocycles. The standard InChI is InChI=1S/C21H25NO11/c1-10(24)28-9-17-18(29-11(2)25)19(30-12(3)26)20(31-13(4)27)21(33-17)32-16-7-5-6-15(22)14(16)8-23/h5-8,17-21H,9,22H2,1-4H3/t17-,18-,19+,20-,21-/m1/s1. The Hall–Kier alpha value is -3.67. The maximum absolute atomic E-state index is 11.8. The lowest BCUT2D eigenvalue weighted by Gasteiger charge is -2.44. The van der Waals surface area contributed by atoms with E-state index in [0.717, 1.165) is 27.7 Å². The van der Waals surface area contributed by atoms with Crippen LogP contribution in [-0.2, 0) is 42.9 Å². The van der Waals surface area contributed by atoms with Crippen molar-refractivity contribution in [3.63, 3.8) is 0 Å². The average Bonchev–Trinajstić information content (AvgIpc) is 2.70. The van der Waals surface area contributed by atoms with Gasteiger partial charge in [0, 0.05) is 33.4 Å². The number of carbonyl (C=O) groups excluding carboxylic acids is 5. The second-order valence-electron chi connectivity index (χ2n) is 7.06. The molecule has 12 nitrogen and oxygen atoms in total. The molecule has 180 valence electrons. The second-order valence-corrected chi connectivity index (χ2v) is 7.06. The van der Waals surface area contributed by atoms with Crippen LogP contribution in [0.4, 0.5) is 5.69 Å². The van der Waals surface area contributed by atoms with Crippen LogP contribution in [-0.4, -0.2) is 67.5 Å². The molecular formula is C21H25NO11. The van der Waals surface area contributed by atoms with E-state index in [1.165, 1.54) is 18.2 Å². The minimum Gasteiger partial charge on any atom is -0.463 e. The van der Waals surface area contributed by atoms with Crippen LogP contribution < -0.4 is 10.5 Å². The number of aldehydes is 1. The minimum absolute atomic E-state index is 0.00496. The van der Waals surface area contributed by atoms with E-state index in [0.29, 0.717) is 6.29 Å². The summed E-state index contributed by atoms with van der Waals surface area (Å²) in [5.41, 5.74) is 5.93. The summed E-state index contributed by atoms with van der Waals surface area (Å²) in [5, 5.41) is 0. The zero-order valence-electron chi connectivity index (χ0n) is 18.5. The summed E-state index contributed by atoms with van der Waals surface area (Å²) in [6.45, 7) is 4.07. The molecule has 1 saturated heterocycles. The predicted molar refractivity (Wildman–Crippen MR) is 109 cm³/mol. The molecule has 1 aliphatic heterocycles. The summed E-state index contributed by atoms with van der Waals surface area (Å²) < 4.78 is 32.5. The number of esters is 4. The van der Waals surface area contributed by atoms with E-state index in [4.69, 9.17) is 34.2 Å². The Labute approximate surface area is 189 Å². The Balaban J connectivity index is 2.52. The number of anilines is 1. The second kappa shape index (κ2) is 11.3. The lowest BCUT2D eigenvalue weighted by molar-refractivity contribution is -0.288. The highest BCUT2D eigenvalue weighted by atomic mass is 16.7. The first kappa shape index (κ1) is 25.6. The highest BCUT2D eigenvalue weighted by molar-refractivity contribution is 5.87. The van der Waals surface area contributed by atoms with Crippen molar-refractivity contribution >= 4 is 35.9 Å². The quantitative estimate of drug-likeness (QED) is 0.244. The number of rotatable bonds is 8. The molecule has 0 spiro atoms. The number of benzene rings is 1. The third-order valence-corrected chi connectivity index (χ3v) is 4.41. The van der Waals surface area contributed by atoms with Gasteiger partial charge in [-0.25, -0.2) is 0 Å². The lowest BCUT2D eigenvalue weighted by atomic mass is 9.98. The van der Waals surface area contributed by atoms with Gasteiger partial charge in [-0.15, -0.1) is 0 Å². The average molecular weight is 467 g/mol. The van der Waals surface area contributed by atoms with Crippen molar-refractivity contribution in [3.8, 4) is 5.75 Å². The number of ether oxygens (including phenoxy) is 6. The van der Waals surface area contributed by atoms with Gasteiger partial charge in [-0.1, -0.05) is 6.07 Å². The number of carbonyl (C=O) groups is 5. The molecule has 5 atom stereocenters. The maximum atomic E-state index is 11.8. The Morgan fingerprint density at radius 1 is 0.909 bits per heavy atom. The van der Waals surface area contributed by atoms with Gasteiger partial charge in [0.05, 0.1) is 5.56 Å². The van der Waals surface area contributed by atoms with Gasteiger partial charge >= 0.3 is 23.9 Å². The van der Waals surface area contributed by atoms with Gasteiger partial charge in [-0.05, 0) is 12.1 Å². The Morgan fingerprint density at radius 2 is 1.48 bits per heavy atom. The van der Waals surface area contributed by atoms with Crippen LogP contribution >= 0.6 is 0 Å². The summed E-state index contributed by atoms with van der Waals surface area (Å²) >= 11 is 0. The van der Waals surface area contributed by atoms with Crippen molar-refractivity contribution in [1.82, 2.24) is 0 Å². The summed E-state index contributed by atoms with van der Waals surface area (Å²) in [6.07, 6.45) is -6.32. The van der Waals surface area contributed by atoms with Crippen molar-refractivity contribution < 1.29 is 52.4 Å². The molecule has 1 aliphatic rings. The molecule has 0 aromatic heterocycles. The molecule has 0 unspecified atom stereocenters. The van der Waals surface area contributed by atoms with E-state index < -0.39 is 61.2 Å². The first-order valence-electron chi connectivity index (χ1n) is 9.84. The maximum Gasteiger partial charge on any atom is 0.303 e. The topological polar surface area (TPSA) is 167 Å². The molecule has 1 fully saturated rings. The van der Waals surface area contributed by atoms with Gasteiger partial charge in [0.1, 0.15) is 18.5 Å². The Morgan fingerprint density at radius 3 is 2.03 bits per heavy atom. The minimum atomic E-state index is -1.47. The molecule has 2 rings (SSSR count). The summed E-state index contributed by atoms with van der Waals surface area (Å²) in [6, 6.07) is 4.42. The first-order valence-corrected chi connectivity index (χ1v) is 9.84. The van der Waals surface area contributed by atoms with E-state index in [-0.39, 0.29) is 17.0 Å². The normalized spacial score (nSPS) is 24.2. The number of nitrogen functional groups attached to an aromatic ring is 1. The third-order valence-electron chi connectivity index (χ3n) is 4.41. The molecule has 0 radical (unpaired) electrons. The van der Waals surface area contributed by atoms with E-state index in [2.05, 4.69) is 0 Å². The van der Waals surface area contributed by atoms with Crippen LogP contribution in [0.3, 0.4) is 0 Å². The predicted octanol–water partition coefficient (Wildman–Crippen LogP) is 0.543. The lowest BCUT2D eigenvalue weighted by Crippen LogP contribution is -2.63. The van der Waals surface area contributed by atoms with Gasteiger partial charge in [0.25, 0.3) is 0 Å². The fourth-order valence-electron chi connectivity index (χ4n) is 3.20. The largest absolute Gasteiger partial charge is 0.463 e. The van der Waals surface area contributed by atoms with Crippen LogP contribution in [0.25, 0.3) is 0 Å². The van der Waals surface area contributed by atoms with E-state index in [9.17, 15) is 24.0 Å². The molecule has 0 saturated carbocycles. The fourth-order valence-corrected chi connectivity index (χ4v) is 3.20. The van der Waals surface area contributed by atoms with E-state index in [1.807, 2.05) is 0 Å². The van der Waals surface area contributed by atoms with Crippen LogP contribution in [0.1, 0.15) is 38.1 Å². The summed E-state index contributed by atoms with van der Waals surface area (Å²) in [5.74, 6) is -2.97. The zero-order valence-corrected chi connectivity index (χ0v) is 18.5. The molecule has 2 N–H and O–H groups in total. The summed E-state index contributed by atoms with van der Waals surface area (Å²) in [7, 11) is 0. The highest BCUT2D eigenvalue weighted by Gasteiger charge is 2.53. The van der Waals surface area contributed by atoms with E-state index in [1.54, 1.807) is 0 Å². The molecular weight excluding hydrogens is 442 g/mol.